The van der Waals surface area contributed by atoms with Crippen LogP contribution in [0.1, 0.15) is 84.0 Å². The average molecular weight is 1050 g/mol. The normalized spacial score (nSPS) is 15.7. The quantitative estimate of drug-likeness (QED) is 0.0549. The van der Waals surface area contributed by atoms with Gasteiger partial charge in [-0.25, -0.2) is 0 Å². The molecule has 0 aliphatic carbocycles. The molecule has 0 bridgehead atoms. The highest BCUT2D eigenvalue weighted by molar-refractivity contribution is 7.16. The maximum atomic E-state index is 7.77. The third-order valence-electron chi connectivity index (χ3n) is 11.9. The standard InChI is InChI=1S/C36H30O3Si3.C14H42O5Si6/c1-7-19-31(20-8-1)40(32-21-9-2-10-22-32)37-41(33-23-11-3-12-24-33,34-25-13-4-14-26-34)39-42(38-40,35-27-15-5-16-28-35)36-29-17-6-18-30-36;1-2-3-4-5-6-7-8-9-10-11-12-13-14-21-16-23-18-25-19-24-17-22-15-20/h1-30H;2-14,21-25H2,1,20H3. The Kier molecular flexibility index (Phi) is 24.3. The van der Waals surface area contributed by atoms with E-state index >= 15 is 0 Å². The lowest BCUT2D eigenvalue weighted by Crippen LogP contribution is -2.88. The number of benzene rings is 6. The summed E-state index contributed by atoms with van der Waals surface area (Å²) in [6, 6.07) is 64.5. The molecule has 0 aromatic heterocycles. The van der Waals surface area contributed by atoms with Crippen molar-refractivity contribution in [3.05, 3.63) is 182 Å². The molecular formula is C50H72O8Si9. The fraction of sp³-hybridized carbons (Fsp3) is 0.280. The van der Waals surface area contributed by atoms with E-state index in [1.54, 1.807) is 0 Å². The van der Waals surface area contributed by atoms with E-state index in [0.29, 0.717) is 0 Å². The van der Waals surface area contributed by atoms with Gasteiger partial charge in [-0.15, -0.1) is 0 Å². The molecule has 1 aliphatic rings. The first-order valence-corrected chi connectivity index (χ1v) is 36.9. The van der Waals surface area contributed by atoms with Crippen molar-refractivity contribution in [1.29, 1.82) is 0 Å². The van der Waals surface area contributed by atoms with Crippen LogP contribution >= 0.6 is 0 Å². The summed E-state index contributed by atoms with van der Waals surface area (Å²) in [5, 5.41) is 6.37. The number of rotatable bonds is 28. The Morgan fingerprint density at radius 3 is 0.881 bits per heavy atom. The van der Waals surface area contributed by atoms with Crippen LogP contribution in [0.25, 0.3) is 0 Å². The van der Waals surface area contributed by atoms with Gasteiger partial charge in [-0.1, -0.05) is 266 Å². The van der Waals surface area contributed by atoms with Crippen molar-refractivity contribution in [3.8, 4) is 0 Å². The molecule has 17 heteroatoms. The molecule has 0 spiro atoms. The summed E-state index contributed by atoms with van der Waals surface area (Å²) in [4.78, 5) is 0. The zero-order valence-electron chi connectivity index (χ0n) is 39.8. The van der Waals surface area contributed by atoms with Crippen molar-refractivity contribution in [3.63, 3.8) is 0 Å². The molecule has 6 aromatic carbocycles. The van der Waals surface area contributed by atoms with Crippen LogP contribution in [0.15, 0.2) is 182 Å². The smallest absolute Gasteiger partial charge is 0.390 e. The van der Waals surface area contributed by atoms with Crippen LogP contribution in [0, 0.1) is 0 Å². The maximum absolute atomic E-state index is 7.77. The molecule has 356 valence electrons. The second kappa shape index (κ2) is 30.5. The molecule has 0 unspecified atom stereocenters. The summed E-state index contributed by atoms with van der Waals surface area (Å²) in [6.07, 6.45) is 17.1. The molecule has 0 saturated carbocycles. The first-order chi connectivity index (χ1) is 33.2. The lowest BCUT2D eigenvalue weighted by Gasteiger charge is -2.53. The lowest BCUT2D eigenvalue weighted by molar-refractivity contribution is 0.268. The number of hydrogen-bond donors (Lipinski definition) is 0. The zero-order chi connectivity index (χ0) is 46.6. The summed E-state index contributed by atoms with van der Waals surface area (Å²) in [7, 11) is -12.9. The molecule has 0 atom stereocenters. The molecule has 7 rings (SSSR count). The summed E-state index contributed by atoms with van der Waals surface area (Å²) in [6.45, 7) is 2.28. The van der Waals surface area contributed by atoms with Gasteiger partial charge in [-0.2, -0.15) is 0 Å². The Morgan fingerprint density at radius 2 is 0.597 bits per heavy atom. The zero-order valence-corrected chi connectivity index (χ0v) is 51.9. The molecular weight excluding hydrogens is 981 g/mol. The van der Waals surface area contributed by atoms with Crippen molar-refractivity contribution in [2.75, 3.05) is 0 Å². The van der Waals surface area contributed by atoms with Gasteiger partial charge in [0.05, 0.1) is 0 Å². The van der Waals surface area contributed by atoms with Crippen LogP contribution in [0.5, 0.6) is 0 Å². The van der Waals surface area contributed by atoms with E-state index < -0.39 is 65.7 Å². The van der Waals surface area contributed by atoms with E-state index in [-0.39, 0.29) is 9.76 Å². The van der Waals surface area contributed by atoms with Crippen LogP contribution in [0.4, 0.5) is 0 Å². The minimum Gasteiger partial charge on any atom is -0.449 e. The van der Waals surface area contributed by atoms with Gasteiger partial charge >= 0.3 is 25.7 Å². The summed E-state index contributed by atoms with van der Waals surface area (Å²) in [5.41, 5.74) is 0. The predicted octanol–water partition coefficient (Wildman–Crippen LogP) is 3.37. The third kappa shape index (κ3) is 16.0. The van der Waals surface area contributed by atoms with Crippen molar-refractivity contribution in [1.82, 2.24) is 0 Å². The van der Waals surface area contributed by atoms with Gasteiger partial charge in [0.15, 0.2) is 0 Å². The number of unbranched alkanes of at least 4 members (excludes halogenated alkanes) is 11. The Balaban J connectivity index is 0.000000256. The first-order valence-electron chi connectivity index (χ1n) is 24.4. The molecule has 0 radical (unpaired) electrons. The molecule has 67 heavy (non-hydrogen) atoms. The van der Waals surface area contributed by atoms with Crippen LogP contribution in [-0.2, 0) is 32.9 Å². The molecule has 1 saturated heterocycles. The largest absolute Gasteiger partial charge is 0.449 e. The fourth-order valence-corrected chi connectivity index (χ4v) is 34.8. The van der Waals surface area contributed by atoms with Crippen LogP contribution in [0.3, 0.4) is 0 Å². The summed E-state index contributed by atoms with van der Waals surface area (Å²) < 4.78 is 50.4. The maximum Gasteiger partial charge on any atom is 0.390 e. The molecule has 6 aromatic rings. The summed E-state index contributed by atoms with van der Waals surface area (Å²) >= 11 is 0. The highest BCUT2D eigenvalue weighted by Gasteiger charge is 2.67. The van der Waals surface area contributed by atoms with E-state index in [4.69, 9.17) is 32.9 Å². The predicted molar refractivity (Wildman–Crippen MR) is 301 cm³/mol. The monoisotopic (exact) mass is 1050 g/mol. The molecule has 8 nitrogen and oxygen atoms in total. The van der Waals surface area contributed by atoms with Crippen LogP contribution in [0.2, 0.25) is 6.04 Å². The minimum atomic E-state index is -3.44. The van der Waals surface area contributed by atoms with Gasteiger partial charge in [-0.05, 0) is 37.2 Å². The Hall–Kier alpha value is -3.05. The molecule has 0 N–H and O–H groups in total. The van der Waals surface area contributed by atoms with Gasteiger partial charge in [0.25, 0.3) is 40.0 Å². The van der Waals surface area contributed by atoms with Gasteiger partial charge in [0.2, 0.25) is 0 Å². The SMILES string of the molecule is CCCCCCCCCCCCCC[SiH2]O[SiH2]O[SiH2]O[SiH2]O[SiH2]O[SiH3].c1ccc([Si]2(c3ccccc3)O[Si](c3ccccc3)(c3ccccc3)O[Si](c3ccccc3)(c3ccccc3)O2)cc1. The van der Waals surface area contributed by atoms with E-state index in [9.17, 15) is 0 Å². The van der Waals surface area contributed by atoms with Gasteiger partial charge in [0.1, 0.15) is 20.2 Å². The average Bonchev–Trinajstić information content (AvgIpc) is 3.40. The van der Waals surface area contributed by atoms with E-state index in [2.05, 4.69) is 153 Å². The van der Waals surface area contributed by atoms with E-state index in [1.807, 2.05) is 36.4 Å². The fourth-order valence-electron chi connectivity index (χ4n) is 8.47. The van der Waals surface area contributed by atoms with E-state index in [1.165, 1.54) is 83.1 Å². The lowest BCUT2D eigenvalue weighted by atomic mass is 10.1. The second-order valence-corrected chi connectivity index (χ2v) is 37.4. The van der Waals surface area contributed by atoms with Crippen molar-refractivity contribution >= 4 is 117 Å². The Labute approximate surface area is 419 Å². The minimum absolute atomic E-state index is 0.319. The van der Waals surface area contributed by atoms with Crippen molar-refractivity contribution in [2.24, 2.45) is 0 Å². The van der Waals surface area contributed by atoms with Crippen molar-refractivity contribution < 1.29 is 32.9 Å². The Bertz CT molecular complexity index is 1810. The second-order valence-electron chi connectivity index (χ2n) is 16.9. The topological polar surface area (TPSA) is 73.8 Å². The molecule has 1 heterocycles. The first kappa shape index (κ1) is 53.3. The highest BCUT2D eigenvalue weighted by Crippen LogP contribution is 2.31. The number of hydrogen-bond acceptors (Lipinski definition) is 8. The third-order valence-corrected chi connectivity index (χ3v) is 32.9. The molecule has 1 aliphatic heterocycles. The highest BCUT2D eigenvalue weighted by atomic mass is 28.5. The van der Waals surface area contributed by atoms with Crippen molar-refractivity contribution in [2.45, 2.75) is 90.0 Å². The van der Waals surface area contributed by atoms with Gasteiger partial charge < -0.3 is 32.9 Å². The van der Waals surface area contributed by atoms with Crippen LogP contribution < -0.4 is 31.1 Å². The Morgan fingerprint density at radius 1 is 0.343 bits per heavy atom. The summed E-state index contributed by atoms with van der Waals surface area (Å²) in [5.74, 6) is 0. The van der Waals surface area contributed by atoms with Crippen LogP contribution in [-0.4, -0.2) is 86.0 Å². The van der Waals surface area contributed by atoms with Gasteiger partial charge in [0, 0.05) is 0 Å². The molecule has 1 fully saturated rings. The van der Waals surface area contributed by atoms with Gasteiger partial charge in [-0.3, -0.25) is 0 Å². The molecule has 0 amide bonds. The van der Waals surface area contributed by atoms with E-state index in [0.717, 1.165) is 41.6 Å².